The van der Waals surface area contributed by atoms with E-state index in [2.05, 4.69) is 17.4 Å². The summed E-state index contributed by atoms with van der Waals surface area (Å²) in [4.78, 5) is 13.6. The summed E-state index contributed by atoms with van der Waals surface area (Å²) in [6.07, 6.45) is 1.48. The van der Waals surface area contributed by atoms with E-state index in [-0.39, 0.29) is 5.91 Å². The molecule has 5 nitrogen and oxygen atoms in total. The molecule has 1 aliphatic rings. The van der Waals surface area contributed by atoms with Crippen LogP contribution in [0, 0.1) is 0 Å². The lowest BCUT2D eigenvalue weighted by molar-refractivity contribution is 0.0667. The average molecular weight is 195 g/mol. The van der Waals surface area contributed by atoms with Gasteiger partial charge in [-0.3, -0.25) is 4.79 Å². The van der Waals surface area contributed by atoms with Gasteiger partial charge in [0.1, 0.15) is 0 Å². The summed E-state index contributed by atoms with van der Waals surface area (Å²) < 4.78 is 4.82. The smallest absolute Gasteiger partial charge is 0.292 e. The zero-order chi connectivity index (χ0) is 9.97. The van der Waals surface area contributed by atoms with Gasteiger partial charge in [-0.1, -0.05) is 5.16 Å². The van der Waals surface area contributed by atoms with Crippen molar-refractivity contribution in [3.05, 3.63) is 18.0 Å². The third-order valence-electron chi connectivity index (χ3n) is 2.30. The van der Waals surface area contributed by atoms with Crippen molar-refractivity contribution in [2.24, 2.45) is 0 Å². The lowest BCUT2D eigenvalue weighted by Gasteiger charge is -2.31. The van der Waals surface area contributed by atoms with Crippen LogP contribution in [-0.2, 0) is 0 Å². The topological polar surface area (TPSA) is 58.4 Å². The number of carbonyl (C=O) groups is 1. The molecule has 76 valence electrons. The summed E-state index contributed by atoms with van der Waals surface area (Å²) in [6, 6.07) is 1.94. The Balaban J connectivity index is 2.04. The molecule has 5 heteroatoms. The van der Waals surface area contributed by atoms with Crippen molar-refractivity contribution in [1.29, 1.82) is 0 Å². The number of hydrogen-bond donors (Lipinski definition) is 1. The Morgan fingerprint density at radius 3 is 3.29 bits per heavy atom. The summed E-state index contributed by atoms with van der Waals surface area (Å²) >= 11 is 0. The predicted molar refractivity (Wildman–Crippen MR) is 49.9 cm³/mol. The summed E-state index contributed by atoms with van der Waals surface area (Å²) in [5, 5.41) is 6.79. The van der Waals surface area contributed by atoms with Crippen LogP contribution in [0.2, 0.25) is 0 Å². The van der Waals surface area contributed by atoms with Crippen LogP contribution in [0.5, 0.6) is 0 Å². The Morgan fingerprint density at radius 2 is 2.64 bits per heavy atom. The molecule has 1 N–H and O–H groups in total. The van der Waals surface area contributed by atoms with Gasteiger partial charge in [-0.25, -0.2) is 0 Å². The molecular formula is C9H13N3O2. The molecule has 0 saturated carbocycles. The number of aromatic nitrogens is 1. The van der Waals surface area contributed by atoms with E-state index in [4.69, 9.17) is 4.52 Å². The van der Waals surface area contributed by atoms with Crippen molar-refractivity contribution in [3.63, 3.8) is 0 Å². The number of carbonyl (C=O) groups excluding carboxylic acids is 1. The van der Waals surface area contributed by atoms with E-state index < -0.39 is 0 Å². The highest BCUT2D eigenvalue weighted by Crippen LogP contribution is 2.06. The van der Waals surface area contributed by atoms with Gasteiger partial charge in [0.2, 0.25) is 5.76 Å². The highest BCUT2D eigenvalue weighted by Gasteiger charge is 2.23. The van der Waals surface area contributed by atoms with Gasteiger partial charge in [0.15, 0.2) is 0 Å². The molecule has 2 heterocycles. The van der Waals surface area contributed by atoms with Gasteiger partial charge < -0.3 is 14.7 Å². The molecule has 0 bridgehead atoms. The van der Waals surface area contributed by atoms with E-state index in [1.807, 2.05) is 0 Å². The minimum Gasteiger partial charge on any atom is -0.351 e. The maximum Gasteiger partial charge on any atom is 0.292 e. The first kappa shape index (κ1) is 9.21. The molecule has 1 aromatic heterocycles. The van der Waals surface area contributed by atoms with Gasteiger partial charge in [-0.2, -0.15) is 0 Å². The van der Waals surface area contributed by atoms with Gasteiger partial charge in [-0.15, -0.1) is 0 Å². The third kappa shape index (κ3) is 1.77. The minimum atomic E-state index is -0.0733. The molecule has 1 saturated heterocycles. The molecular weight excluding hydrogens is 182 g/mol. The van der Waals surface area contributed by atoms with Gasteiger partial charge in [0, 0.05) is 31.7 Å². The first-order valence-corrected chi connectivity index (χ1v) is 4.70. The molecule has 0 aromatic carbocycles. The monoisotopic (exact) mass is 195 g/mol. The quantitative estimate of drug-likeness (QED) is 0.691. The van der Waals surface area contributed by atoms with E-state index in [1.54, 1.807) is 11.0 Å². The maximum atomic E-state index is 11.8. The van der Waals surface area contributed by atoms with Gasteiger partial charge in [0.25, 0.3) is 5.91 Å². The molecule has 1 aromatic rings. The minimum absolute atomic E-state index is 0.0733. The van der Waals surface area contributed by atoms with Crippen LogP contribution in [0.3, 0.4) is 0 Å². The van der Waals surface area contributed by atoms with Crippen molar-refractivity contribution in [2.45, 2.75) is 13.0 Å². The van der Waals surface area contributed by atoms with Crippen LogP contribution in [0.15, 0.2) is 16.8 Å². The third-order valence-corrected chi connectivity index (χ3v) is 2.30. The molecule has 1 unspecified atom stereocenters. The van der Waals surface area contributed by atoms with Gasteiger partial charge in [0.05, 0.1) is 6.20 Å². The Labute approximate surface area is 82.1 Å². The number of amides is 1. The Bertz CT molecular complexity index is 310. The van der Waals surface area contributed by atoms with E-state index in [0.29, 0.717) is 11.8 Å². The van der Waals surface area contributed by atoms with Crippen molar-refractivity contribution in [1.82, 2.24) is 15.4 Å². The number of hydrogen-bond acceptors (Lipinski definition) is 4. The van der Waals surface area contributed by atoms with Crippen molar-refractivity contribution >= 4 is 5.91 Å². The molecule has 1 atom stereocenters. The van der Waals surface area contributed by atoms with E-state index >= 15 is 0 Å². The molecule has 1 fully saturated rings. The van der Waals surface area contributed by atoms with Crippen LogP contribution in [0.4, 0.5) is 0 Å². The average Bonchev–Trinajstić information content (AvgIpc) is 2.69. The Kier molecular flexibility index (Phi) is 2.49. The second-order valence-corrected chi connectivity index (χ2v) is 3.48. The fourth-order valence-electron chi connectivity index (χ4n) is 1.60. The summed E-state index contributed by atoms with van der Waals surface area (Å²) in [5.74, 6) is 0.245. The van der Waals surface area contributed by atoms with Crippen molar-refractivity contribution < 1.29 is 9.32 Å². The summed E-state index contributed by atoms with van der Waals surface area (Å²) in [7, 11) is 0. The molecule has 14 heavy (non-hydrogen) atoms. The summed E-state index contributed by atoms with van der Waals surface area (Å²) in [5.41, 5.74) is 0. The van der Waals surface area contributed by atoms with Crippen LogP contribution < -0.4 is 5.32 Å². The second-order valence-electron chi connectivity index (χ2n) is 3.48. The Morgan fingerprint density at radius 1 is 1.79 bits per heavy atom. The van der Waals surface area contributed by atoms with Crippen molar-refractivity contribution in [3.8, 4) is 0 Å². The summed E-state index contributed by atoms with van der Waals surface area (Å²) in [6.45, 7) is 4.34. The first-order valence-electron chi connectivity index (χ1n) is 4.70. The van der Waals surface area contributed by atoms with Crippen LogP contribution in [0.1, 0.15) is 17.5 Å². The fourth-order valence-corrected chi connectivity index (χ4v) is 1.60. The number of piperazine rings is 1. The van der Waals surface area contributed by atoms with Crippen molar-refractivity contribution in [2.75, 3.05) is 19.6 Å². The van der Waals surface area contributed by atoms with E-state index in [9.17, 15) is 4.79 Å². The molecule has 1 amide bonds. The molecule has 1 aliphatic heterocycles. The molecule has 0 spiro atoms. The standard InChI is InChI=1S/C9H13N3O2/c1-7-6-12(5-4-10-7)9(13)8-2-3-11-14-8/h2-3,7,10H,4-6H2,1H3. The maximum absolute atomic E-state index is 11.8. The predicted octanol–water partition coefficient (Wildman–Crippen LogP) is 0.109. The zero-order valence-electron chi connectivity index (χ0n) is 8.06. The number of rotatable bonds is 1. The number of nitrogens with zero attached hydrogens (tertiary/aromatic N) is 2. The molecule has 2 rings (SSSR count). The highest BCUT2D eigenvalue weighted by atomic mass is 16.5. The first-order chi connectivity index (χ1) is 6.77. The van der Waals surface area contributed by atoms with Crippen LogP contribution in [0.25, 0.3) is 0 Å². The number of nitrogens with one attached hydrogen (secondary N) is 1. The Hall–Kier alpha value is -1.36. The molecule has 0 aliphatic carbocycles. The van der Waals surface area contributed by atoms with Crippen LogP contribution in [-0.4, -0.2) is 41.6 Å². The zero-order valence-corrected chi connectivity index (χ0v) is 8.06. The lowest BCUT2D eigenvalue weighted by atomic mass is 10.2. The SMILES string of the molecule is CC1CN(C(=O)c2ccno2)CCN1. The fraction of sp³-hybridized carbons (Fsp3) is 0.556. The van der Waals surface area contributed by atoms with E-state index in [1.165, 1.54) is 6.20 Å². The largest absolute Gasteiger partial charge is 0.351 e. The van der Waals surface area contributed by atoms with Crippen LogP contribution >= 0.6 is 0 Å². The van der Waals surface area contributed by atoms with Gasteiger partial charge in [-0.05, 0) is 6.92 Å². The second kappa shape index (κ2) is 3.79. The lowest BCUT2D eigenvalue weighted by Crippen LogP contribution is -2.51. The van der Waals surface area contributed by atoms with E-state index in [0.717, 1.165) is 19.6 Å². The normalized spacial score (nSPS) is 22.4. The molecule has 0 radical (unpaired) electrons. The van der Waals surface area contributed by atoms with Gasteiger partial charge >= 0.3 is 0 Å². The highest BCUT2D eigenvalue weighted by molar-refractivity contribution is 5.91.